The van der Waals surface area contributed by atoms with E-state index in [9.17, 15) is 13.6 Å². The van der Waals surface area contributed by atoms with Crippen molar-refractivity contribution in [3.63, 3.8) is 0 Å². The number of methoxy groups -OCH3 is 1. The van der Waals surface area contributed by atoms with E-state index in [1.165, 1.54) is 13.2 Å². The van der Waals surface area contributed by atoms with Crippen molar-refractivity contribution in [3.05, 3.63) is 21.0 Å². The quantitative estimate of drug-likeness (QED) is 0.860. The smallest absolute Gasteiger partial charge is 0.281 e. The average molecular weight is 328 g/mol. The number of hydrogen-bond acceptors (Lipinski definition) is 3. The van der Waals surface area contributed by atoms with Crippen LogP contribution in [0.1, 0.15) is 22.6 Å². The summed E-state index contributed by atoms with van der Waals surface area (Å²) in [6.45, 7) is 0. The van der Waals surface area contributed by atoms with E-state index in [1.807, 2.05) is 0 Å². The van der Waals surface area contributed by atoms with Crippen LogP contribution in [-0.2, 0) is 0 Å². The molecule has 0 atom stereocenters. The highest BCUT2D eigenvalue weighted by Crippen LogP contribution is 2.27. The minimum Gasteiger partial charge on any atom is -0.494 e. The predicted molar refractivity (Wildman–Crippen MR) is 57.0 cm³/mol. The Kier molecular flexibility index (Phi) is 3.77. The maximum absolute atomic E-state index is 12.4. The second-order valence-corrected chi connectivity index (χ2v) is 3.73. The molecule has 0 saturated carbocycles. The maximum Gasteiger partial charge on any atom is 0.281 e. The highest BCUT2D eigenvalue weighted by atomic mass is 127. The first-order chi connectivity index (χ1) is 6.97. The molecule has 15 heavy (non-hydrogen) atoms. The van der Waals surface area contributed by atoms with Gasteiger partial charge in [0.1, 0.15) is 5.69 Å². The summed E-state index contributed by atoms with van der Waals surface area (Å²) in [5.41, 5.74) is 4.23. The number of primary amides is 1. The summed E-state index contributed by atoms with van der Waals surface area (Å²) >= 11 is 1.69. The van der Waals surface area contributed by atoms with Gasteiger partial charge in [-0.2, -0.15) is 0 Å². The molecule has 4 nitrogen and oxygen atoms in total. The number of alkyl halides is 2. The number of nitrogens with zero attached hydrogens (tertiary/aromatic N) is 1. The predicted octanol–water partition coefficient (Wildman–Crippen LogP) is 1.73. The van der Waals surface area contributed by atoms with Crippen LogP contribution in [0.5, 0.6) is 5.75 Å². The van der Waals surface area contributed by atoms with Gasteiger partial charge in [-0.3, -0.25) is 4.79 Å². The van der Waals surface area contributed by atoms with Gasteiger partial charge in [0.2, 0.25) is 0 Å². The third-order valence-corrected chi connectivity index (χ3v) is 2.49. The Morgan fingerprint density at radius 2 is 2.27 bits per heavy atom. The fraction of sp³-hybridized carbons (Fsp3) is 0.250. The molecule has 0 aliphatic rings. The number of amides is 1. The number of pyridine rings is 1. The Morgan fingerprint density at radius 1 is 1.67 bits per heavy atom. The molecule has 0 aliphatic heterocycles. The van der Waals surface area contributed by atoms with Gasteiger partial charge < -0.3 is 10.5 Å². The molecule has 0 saturated heterocycles. The number of nitrogens with two attached hydrogens (primary N) is 1. The lowest BCUT2D eigenvalue weighted by molar-refractivity contribution is 0.0989. The van der Waals surface area contributed by atoms with Gasteiger partial charge in [-0.1, -0.05) is 0 Å². The first-order valence-electron chi connectivity index (χ1n) is 3.79. The number of halogens is 3. The van der Waals surface area contributed by atoms with Crippen LogP contribution in [0.15, 0.2) is 6.07 Å². The van der Waals surface area contributed by atoms with Crippen LogP contribution in [0.4, 0.5) is 8.78 Å². The third-order valence-electron chi connectivity index (χ3n) is 1.63. The lowest BCUT2D eigenvalue weighted by Crippen LogP contribution is -2.16. The molecular formula is C8H7F2IN2O2. The van der Waals surface area contributed by atoms with Crippen molar-refractivity contribution < 1.29 is 18.3 Å². The summed E-state index contributed by atoms with van der Waals surface area (Å²) in [7, 11) is 1.31. The molecule has 2 N–H and O–H groups in total. The Hall–Kier alpha value is -0.990. The van der Waals surface area contributed by atoms with E-state index in [1.54, 1.807) is 22.6 Å². The number of carbonyl (C=O) groups is 1. The zero-order chi connectivity index (χ0) is 11.6. The van der Waals surface area contributed by atoms with Gasteiger partial charge in [0, 0.05) is 3.57 Å². The van der Waals surface area contributed by atoms with Gasteiger partial charge in [-0.05, 0) is 28.7 Å². The van der Waals surface area contributed by atoms with Crippen molar-refractivity contribution in [2.45, 2.75) is 6.43 Å². The van der Waals surface area contributed by atoms with Crippen molar-refractivity contribution in [1.82, 2.24) is 4.98 Å². The topological polar surface area (TPSA) is 65.2 Å². The SMILES string of the molecule is COc1cc(I)c(C(F)F)nc1C(N)=O. The number of carbonyl (C=O) groups excluding carboxylic acids is 1. The molecule has 0 fully saturated rings. The monoisotopic (exact) mass is 328 g/mol. The van der Waals surface area contributed by atoms with Gasteiger partial charge in [0.05, 0.1) is 7.11 Å². The summed E-state index contributed by atoms with van der Waals surface area (Å²) in [5.74, 6) is -0.804. The van der Waals surface area contributed by atoms with Gasteiger partial charge in [0.25, 0.3) is 12.3 Å². The zero-order valence-corrected chi connectivity index (χ0v) is 9.79. The van der Waals surface area contributed by atoms with Crippen LogP contribution in [-0.4, -0.2) is 18.0 Å². The van der Waals surface area contributed by atoms with Crippen LogP contribution in [0, 0.1) is 3.57 Å². The molecule has 7 heteroatoms. The van der Waals surface area contributed by atoms with Gasteiger partial charge in [-0.15, -0.1) is 0 Å². The van der Waals surface area contributed by atoms with Crippen LogP contribution < -0.4 is 10.5 Å². The van der Waals surface area contributed by atoms with E-state index >= 15 is 0 Å². The third kappa shape index (κ3) is 2.52. The highest BCUT2D eigenvalue weighted by molar-refractivity contribution is 14.1. The van der Waals surface area contributed by atoms with Gasteiger partial charge >= 0.3 is 0 Å². The fourth-order valence-corrected chi connectivity index (χ4v) is 1.61. The molecule has 1 rings (SSSR count). The number of rotatable bonds is 3. The first-order valence-corrected chi connectivity index (χ1v) is 4.87. The molecule has 0 unspecified atom stereocenters. The molecule has 0 aliphatic carbocycles. The van der Waals surface area contributed by atoms with Crippen molar-refractivity contribution in [2.75, 3.05) is 7.11 Å². The second-order valence-electron chi connectivity index (χ2n) is 2.57. The van der Waals surface area contributed by atoms with Crippen molar-refractivity contribution >= 4 is 28.5 Å². The van der Waals surface area contributed by atoms with E-state index in [4.69, 9.17) is 10.5 Å². The maximum atomic E-state index is 12.4. The van der Waals surface area contributed by atoms with Crippen molar-refractivity contribution in [2.24, 2.45) is 5.73 Å². The molecule has 1 aromatic heterocycles. The van der Waals surface area contributed by atoms with Crippen LogP contribution in [0.3, 0.4) is 0 Å². The number of ether oxygens (including phenoxy) is 1. The van der Waals surface area contributed by atoms with Crippen LogP contribution in [0.2, 0.25) is 0 Å². The summed E-state index contributed by atoms with van der Waals surface area (Å²) in [6, 6.07) is 1.30. The number of aromatic nitrogens is 1. The van der Waals surface area contributed by atoms with E-state index in [-0.39, 0.29) is 15.0 Å². The fourth-order valence-electron chi connectivity index (χ4n) is 0.971. The van der Waals surface area contributed by atoms with E-state index in [2.05, 4.69) is 4.98 Å². The molecule has 82 valence electrons. The van der Waals surface area contributed by atoms with E-state index in [0.717, 1.165) is 0 Å². The zero-order valence-electron chi connectivity index (χ0n) is 7.63. The normalized spacial score (nSPS) is 10.5. The lowest BCUT2D eigenvalue weighted by atomic mass is 10.2. The molecule has 0 aromatic carbocycles. The minimum absolute atomic E-state index is 0.0938. The summed E-state index contributed by atoms with van der Waals surface area (Å²) in [5, 5.41) is 0. The Labute approximate surface area is 98.0 Å². The van der Waals surface area contributed by atoms with Crippen molar-refractivity contribution in [1.29, 1.82) is 0 Å². The molecular weight excluding hydrogens is 321 g/mol. The molecule has 0 bridgehead atoms. The Morgan fingerprint density at radius 3 is 2.67 bits per heavy atom. The lowest BCUT2D eigenvalue weighted by Gasteiger charge is -2.08. The molecule has 1 heterocycles. The first kappa shape index (κ1) is 12.1. The average Bonchev–Trinajstić information content (AvgIpc) is 2.16. The Balaban J connectivity index is 3.37. The summed E-state index contributed by atoms with van der Waals surface area (Å²) in [6.07, 6.45) is -2.75. The minimum atomic E-state index is -2.75. The second kappa shape index (κ2) is 4.69. The van der Waals surface area contributed by atoms with Gasteiger partial charge in [0.15, 0.2) is 11.4 Å². The van der Waals surface area contributed by atoms with Crippen LogP contribution in [0.25, 0.3) is 0 Å². The van der Waals surface area contributed by atoms with Gasteiger partial charge in [-0.25, -0.2) is 13.8 Å². The Bertz CT molecular complexity index is 398. The van der Waals surface area contributed by atoms with E-state index in [0.29, 0.717) is 0 Å². The van der Waals surface area contributed by atoms with Crippen molar-refractivity contribution in [3.8, 4) is 5.75 Å². The van der Waals surface area contributed by atoms with Crippen LogP contribution >= 0.6 is 22.6 Å². The highest BCUT2D eigenvalue weighted by Gasteiger charge is 2.20. The summed E-state index contributed by atoms with van der Waals surface area (Å²) < 4.78 is 29.9. The molecule has 1 amide bonds. The standard InChI is InChI=1S/C8H7F2IN2O2/c1-15-4-2-3(11)5(7(9)10)13-6(4)8(12)14/h2,7H,1H3,(H2,12,14). The number of hydrogen-bond donors (Lipinski definition) is 1. The van der Waals surface area contributed by atoms with E-state index < -0.39 is 18.0 Å². The molecule has 0 spiro atoms. The molecule has 1 aromatic rings. The summed E-state index contributed by atoms with van der Waals surface area (Å²) in [4.78, 5) is 14.4. The molecule has 0 radical (unpaired) electrons. The largest absolute Gasteiger partial charge is 0.494 e.